The molecule has 1 aromatic rings. The molecule has 92 valence electrons. The van der Waals surface area contributed by atoms with Crippen molar-refractivity contribution in [2.45, 2.75) is 38.2 Å². The maximum Gasteiger partial charge on any atom is 0.120 e. The van der Waals surface area contributed by atoms with Crippen LogP contribution in [0.15, 0.2) is 22.7 Å². The van der Waals surface area contributed by atoms with E-state index in [1.54, 1.807) is 0 Å². The maximum absolute atomic E-state index is 5.96. The van der Waals surface area contributed by atoms with Gasteiger partial charge in [0.25, 0.3) is 0 Å². The summed E-state index contributed by atoms with van der Waals surface area (Å²) in [5, 5.41) is 0. The number of benzene rings is 1. The molecule has 0 aliphatic heterocycles. The summed E-state index contributed by atoms with van der Waals surface area (Å²) in [6.45, 7) is 0. The lowest BCUT2D eigenvalue weighted by Crippen LogP contribution is -2.19. The summed E-state index contributed by atoms with van der Waals surface area (Å²) in [5.41, 5.74) is 6.47. The second kappa shape index (κ2) is 5.83. The number of thiocarbonyl (C=S) groups is 1. The van der Waals surface area contributed by atoms with Crippen molar-refractivity contribution in [2.24, 2.45) is 5.73 Å². The van der Waals surface area contributed by atoms with Gasteiger partial charge in [0.2, 0.25) is 0 Å². The molecular weight excluding hydrogens is 298 g/mol. The smallest absolute Gasteiger partial charge is 0.120 e. The Hall–Kier alpha value is -0.610. The van der Waals surface area contributed by atoms with Crippen LogP contribution in [0, 0.1) is 0 Å². The molecule has 0 saturated heterocycles. The fourth-order valence-electron chi connectivity index (χ4n) is 2.14. The molecule has 1 fully saturated rings. The monoisotopic (exact) mass is 313 g/mol. The van der Waals surface area contributed by atoms with Crippen LogP contribution in [-0.2, 0) is 0 Å². The molecule has 2 rings (SSSR count). The zero-order valence-corrected chi connectivity index (χ0v) is 12.0. The van der Waals surface area contributed by atoms with E-state index in [-0.39, 0.29) is 0 Å². The highest BCUT2D eigenvalue weighted by Gasteiger charge is 2.15. The van der Waals surface area contributed by atoms with Crippen molar-refractivity contribution in [2.75, 3.05) is 0 Å². The van der Waals surface area contributed by atoms with E-state index in [0.717, 1.165) is 28.6 Å². The van der Waals surface area contributed by atoms with Crippen molar-refractivity contribution >= 4 is 33.1 Å². The van der Waals surface area contributed by atoms with Crippen LogP contribution >= 0.6 is 28.1 Å². The summed E-state index contributed by atoms with van der Waals surface area (Å²) in [7, 11) is 0. The number of hydrogen-bond acceptors (Lipinski definition) is 2. The Morgan fingerprint density at radius 2 is 2.00 bits per heavy atom. The first-order chi connectivity index (χ1) is 8.16. The van der Waals surface area contributed by atoms with Crippen LogP contribution in [0.3, 0.4) is 0 Å². The molecule has 0 atom stereocenters. The highest BCUT2D eigenvalue weighted by molar-refractivity contribution is 9.10. The standard InChI is InChI=1S/C13H16BrNOS/c14-12-8-10(6-7-11(12)13(15)17)16-9-4-2-1-3-5-9/h6-9H,1-5H2,(H2,15,17). The fourth-order valence-corrected chi connectivity index (χ4v) is 3.02. The van der Waals surface area contributed by atoms with Crippen molar-refractivity contribution in [1.82, 2.24) is 0 Å². The molecule has 0 heterocycles. The van der Waals surface area contributed by atoms with E-state index in [9.17, 15) is 0 Å². The average Bonchev–Trinajstić information content (AvgIpc) is 2.30. The minimum atomic E-state index is 0.367. The molecule has 1 aliphatic carbocycles. The van der Waals surface area contributed by atoms with E-state index in [0.29, 0.717) is 11.1 Å². The molecule has 1 saturated carbocycles. The van der Waals surface area contributed by atoms with Crippen LogP contribution in [0.1, 0.15) is 37.7 Å². The third kappa shape index (κ3) is 3.42. The first-order valence-corrected chi connectivity index (χ1v) is 7.13. The molecule has 0 aromatic heterocycles. The minimum absolute atomic E-state index is 0.367. The summed E-state index contributed by atoms with van der Waals surface area (Å²) < 4.78 is 6.86. The minimum Gasteiger partial charge on any atom is -0.490 e. The number of rotatable bonds is 3. The predicted octanol–water partition coefficient (Wildman–Crippen LogP) is 3.79. The van der Waals surface area contributed by atoms with Gasteiger partial charge in [-0.3, -0.25) is 0 Å². The summed E-state index contributed by atoms with van der Waals surface area (Å²) in [6, 6.07) is 5.79. The van der Waals surface area contributed by atoms with Crippen LogP contribution in [0.25, 0.3) is 0 Å². The Morgan fingerprint density at radius 1 is 1.29 bits per heavy atom. The number of halogens is 1. The van der Waals surface area contributed by atoms with E-state index in [1.807, 2.05) is 18.2 Å². The summed E-state index contributed by atoms with van der Waals surface area (Å²) in [4.78, 5) is 0.404. The van der Waals surface area contributed by atoms with Gasteiger partial charge in [-0.1, -0.05) is 18.6 Å². The average molecular weight is 314 g/mol. The largest absolute Gasteiger partial charge is 0.490 e. The summed E-state index contributed by atoms with van der Waals surface area (Å²) >= 11 is 8.43. The van der Waals surface area contributed by atoms with Crippen molar-refractivity contribution in [1.29, 1.82) is 0 Å². The zero-order chi connectivity index (χ0) is 12.3. The van der Waals surface area contributed by atoms with Crippen LogP contribution in [0.2, 0.25) is 0 Å². The van der Waals surface area contributed by atoms with E-state index < -0.39 is 0 Å². The molecule has 0 bridgehead atoms. The lowest BCUT2D eigenvalue weighted by Gasteiger charge is -2.23. The van der Waals surface area contributed by atoms with Gasteiger partial charge in [0.1, 0.15) is 10.7 Å². The fraction of sp³-hybridized carbons (Fsp3) is 0.462. The van der Waals surface area contributed by atoms with Gasteiger partial charge in [0.05, 0.1) is 6.10 Å². The van der Waals surface area contributed by atoms with Gasteiger partial charge in [-0.15, -0.1) is 0 Å². The van der Waals surface area contributed by atoms with Gasteiger partial charge in [0, 0.05) is 10.0 Å². The number of nitrogens with two attached hydrogens (primary N) is 1. The Kier molecular flexibility index (Phi) is 4.40. The first-order valence-electron chi connectivity index (χ1n) is 5.93. The summed E-state index contributed by atoms with van der Waals surface area (Å²) in [5.74, 6) is 0.892. The van der Waals surface area contributed by atoms with Gasteiger partial charge >= 0.3 is 0 Å². The van der Waals surface area contributed by atoms with Crippen LogP contribution in [0.5, 0.6) is 5.75 Å². The number of hydrogen-bond donors (Lipinski definition) is 1. The Morgan fingerprint density at radius 3 is 2.59 bits per heavy atom. The molecule has 1 aliphatic rings. The highest BCUT2D eigenvalue weighted by atomic mass is 79.9. The predicted molar refractivity (Wildman–Crippen MR) is 77.5 cm³/mol. The SMILES string of the molecule is NC(=S)c1ccc(OC2CCCCC2)cc1Br. The lowest BCUT2D eigenvalue weighted by molar-refractivity contribution is 0.155. The third-order valence-electron chi connectivity index (χ3n) is 3.06. The van der Waals surface area contributed by atoms with Crippen molar-refractivity contribution < 1.29 is 4.74 Å². The van der Waals surface area contributed by atoms with Gasteiger partial charge < -0.3 is 10.5 Å². The highest BCUT2D eigenvalue weighted by Crippen LogP contribution is 2.27. The topological polar surface area (TPSA) is 35.2 Å². The molecule has 2 nitrogen and oxygen atoms in total. The normalized spacial score (nSPS) is 16.8. The lowest BCUT2D eigenvalue weighted by atomic mass is 9.98. The zero-order valence-electron chi connectivity index (χ0n) is 9.62. The van der Waals surface area contributed by atoms with E-state index in [4.69, 9.17) is 22.7 Å². The van der Waals surface area contributed by atoms with Gasteiger partial charge in [0.15, 0.2) is 0 Å². The Labute approximate surface area is 116 Å². The molecule has 17 heavy (non-hydrogen) atoms. The molecular formula is C13H16BrNOS. The summed E-state index contributed by atoms with van der Waals surface area (Å²) in [6.07, 6.45) is 6.58. The molecule has 0 radical (unpaired) electrons. The van der Waals surface area contributed by atoms with E-state index >= 15 is 0 Å². The van der Waals surface area contributed by atoms with Crippen molar-refractivity contribution in [3.05, 3.63) is 28.2 Å². The Balaban J connectivity index is 2.06. The van der Waals surface area contributed by atoms with Gasteiger partial charge in [-0.2, -0.15) is 0 Å². The second-order valence-electron chi connectivity index (χ2n) is 4.38. The van der Waals surface area contributed by atoms with Crippen LogP contribution in [-0.4, -0.2) is 11.1 Å². The Bertz CT molecular complexity index is 416. The molecule has 0 spiro atoms. The number of ether oxygens (including phenoxy) is 1. The van der Waals surface area contributed by atoms with Crippen molar-refractivity contribution in [3.8, 4) is 5.75 Å². The van der Waals surface area contributed by atoms with Gasteiger partial charge in [-0.05, 0) is 59.8 Å². The quantitative estimate of drug-likeness (QED) is 0.862. The van der Waals surface area contributed by atoms with Crippen molar-refractivity contribution in [3.63, 3.8) is 0 Å². The molecule has 2 N–H and O–H groups in total. The van der Waals surface area contributed by atoms with E-state index in [2.05, 4.69) is 15.9 Å². The maximum atomic E-state index is 5.96. The van der Waals surface area contributed by atoms with Crippen LogP contribution < -0.4 is 10.5 Å². The second-order valence-corrected chi connectivity index (χ2v) is 5.68. The third-order valence-corrected chi connectivity index (χ3v) is 3.94. The molecule has 0 unspecified atom stereocenters. The molecule has 4 heteroatoms. The van der Waals surface area contributed by atoms with Crippen LogP contribution in [0.4, 0.5) is 0 Å². The first kappa shape index (κ1) is 12.8. The van der Waals surface area contributed by atoms with E-state index in [1.165, 1.54) is 19.3 Å². The van der Waals surface area contributed by atoms with Gasteiger partial charge in [-0.25, -0.2) is 0 Å². The molecule has 0 amide bonds. The molecule has 1 aromatic carbocycles.